The molecule has 13 heteroatoms. The zero-order chi connectivity index (χ0) is 27.2. The first-order chi connectivity index (χ1) is 18.7. The Balaban J connectivity index is 1.17. The van der Waals surface area contributed by atoms with Crippen molar-refractivity contribution < 1.29 is 22.6 Å². The molecule has 0 radical (unpaired) electrons. The number of hydrogen-bond donors (Lipinski definition) is 2. The van der Waals surface area contributed by atoms with Gasteiger partial charge in [0.05, 0.1) is 24.1 Å². The van der Waals surface area contributed by atoms with Crippen molar-refractivity contribution >= 4 is 17.5 Å². The highest BCUT2D eigenvalue weighted by Gasteiger charge is 2.61. The molecule has 1 saturated heterocycles. The number of aromatic amines is 1. The molecule has 0 bridgehead atoms. The lowest BCUT2D eigenvalue weighted by Crippen LogP contribution is -2.66. The summed E-state index contributed by atoms with van der Waals surface area (Å²) in [6.07, 6.45) is 3.02. The zero-order valence-corrected chi connectivity index (χ0v) is 21.4. The van der Waals surface area contributed by atoms with Crippen LogP contribution in [-0.2, 0) is 11.8 Å². The molecule has 1 saturated carbocycles. The normalized spacial score (nSPS) is 17.1. The van der Waals surface area contributed by atoms with Gasteiger partial charge in [0.25, 0.3) is 0 Å². The number of H-pyrrole nitrogens is 1. The Hall–Kier alpha value is -4.13. The van der Waals surface area contributed by atoms with Crippen LogP contribution < -0.4 is 15.0 Å². The van der Waals surface area contributed by atoms with E-state index in [1.165, 1.54) is 6.20 Å². The van der Waals surface area contributed by atoms with Gasteiger partial charge in [0.2, 0.25) is 17.8 Å². The van der Waals surface area contributed by atoms with E-state index in [0.717, 1.165) is 11.4 Å². The van der Waals surface area contributed by atoms with Gasteiger partial charge in [-0.25, -0.2) is 18.4 Å². The molecule has 0 atom stereocenters. The van der Waals surface area contributed by atoms with E-state index >= 15 is 0 Å². The molecule has 1 aliphatic heterocycles. The number of nitrogens with zero attached hydrogens (tertiary/aromatic N) is 6. The van der Waals surface area contributed by atoms with E-state index in [-0.39, 0.29) is 18.3 Å². The quantitative estimate of drug-likeness (QED) is 0.301. The third kappa shape index (κ3) is 4.89. The van der Waals surface area contributed by atoms with E-state index < -0.39 is 11.9 Å². The molecule has 2 fully saturated rings. The van der Waals surface area contributed by atoms with Gasteiger partial charge >= 0.3 is 0 Å². The van der Waals surface area contributed by atoms with Crippen LogP contribution >= 0.6 is 0 Å². The van der Waals surface area contributed by atoms with Gasteiger partial charge in [-0.3, -0.25) is 5.10 Å². The molecule has 2 N–H and O–H groups in total. The number of pyridine rings is 1. The maximum absolute atomic E-state index is 14.1. The summed E-state index contributed by atoms with van der Waals surface area (Å²) in [5, 5.41) is 13.8. The average Bonchev–Trinajstić information content (AvgIpc) is 3.47. The number of nitrogens with one attached hydrogen (secondary N) is 2. The van der Waals surface area contributed by atoms with Crippen LogP contribution in [0.4, 0.5) is 30.6 Å². The number of aryl methyl sites for hydroxylation is 1. The zero-order valence-electron chi connectivity index (χ0n) is 21.4. The minimum absolute atomic E-state index is 0.0374. The highest BCUT2D eigenvalue weighted by Crippen LogP contribution is 2.57. The monoisotopic (exact) mass is 540 g/mol. The Morgan fingerprint density at radius 1 is 1.08 bits per heavy atom. The van der Waals surface area contributed by atoms with Gasteiger partial charge in [-0.05, 0) is 29.8 Å². The van der Waals surface area contributed by atoms with Crippen molar-refractivity contribution in [3.63, 3.8) is 0 Å². The molecule has 6 rings (SSSR count). The largest absolute Gasteiger partial charge is 0.489 e. The summed E-state index contributed by atoms with van der Waals surface area (Å²) in [5.41, 5.74) is 2.00. The van der Waals surface area contributed by atoms with Crippen molar-refractivity contribution in [1.82, 2.24) is 29.9 Å². The molecule has 4 heterocycles. The molecule has 1 aromatic carbocycles. The van der Waals surface area contributed by atoms with Gasteiger partial charge in [-0.2, -0.15) is 14.5 Å². The molecule has 0 amide bonds. The molecular formula is C26H27F3N8O2. The first-order valence-corrected chi connectivity index (χ1v) is 12.5. The third-order valence-electron chi connectivity index (χ3n) is 7.09. The van der Waals surface area contributed by atoms with Crippen molar-refractivity contribution in [3.8, 4) is 28.3 Å². The smallest absolute Gasteiger partial charge is 0.249 e. The van der Waals surface area contributed by atoms with Crippen molar-refractivity contribution in [2.45, 2.75) is 18.8 Å². The van der Waals surface area contributed by atoms with Crippen LogP contribution in [0.5, 0.6) is 5.75 Å². The summed E-state index contributed by atoms with van der Waals surface area (Å²) in [5.74, 6) is -0.885. The summed E-state index contributed by atoms with van der Waals surface area (Å²) in [7, 11) is 3.34. The molecule has 204 valence electrons. The van der Waals surface area contributed by atoms with Crippen LogP contribution in [0.3, 0.4) is 0 Å². The predicted molar refractivity (Wildman–Crippen MR) is 138 cm³/mol. The van der Waals surface area contributed by atoms with Crippen LogP contribution in [0.1, 0.15) is 12.8 Å². The molecular weight excluding hydrogens is 513 g/mol. The summed E-state index contributed by atoms with van der Waals surface area (Å²) < 4.78 is 53.2. The predicted octanol–water partition coefficient (Wildman–Crippen LogP) is 4.41. The molecule has 3 aromatic heterocycles. The van der Waals surface area contributed by atoms with Gasteiger partial charge in [-0.1, -0.05) is 6.07 Å². The highest BCUT2D eigenvalue weighted by atomic mass is 19.3. The fourth-order valence-electron chi connectivity index (χ4n) is 5.26. The number of benzene rings is 1. The third-order valence-corrected chi connectivity index (χ3v) is 7.09. The van der Waals surface area contributed by atoms with E-state index in [0.29, 0.717) is 60.6 Å². The Morgan fingerprint density at radius 2 is 1.87 bits per heavy atom. The van der Waals surface area contributed by atoms with Crippen molar-refractivity contribution in [3.05, 3.63) is 48.7 Å². The Kier molecular flexibility index (Phi) is 6.17. The van der Waals surface area contributed by atoms with Crippen LogP contribution in [0.15, 0.2) is 42.7 Å². The first-order valence-electron chi connectivity index (χ1n) is 12.5. The van der Waals surface area contributed by atoms with Crippen LogP contribution in [0.2, 0.25) is 0 Å². The van der Waals surface area contributed by atoms with Crippen LogP contribution in [-0.4, -0.2) is 69.3 Å². The number of anilines is 3. The summed E-state index contributed by atoms with van der Waals surface area (Å²) in [6.45, 7) is 1.88. The van der Waals surface area contributed by atoms with Gasteiger partial charge in [-0.15, -0.1) is 5.10 Å². The molecule has 4 aromatic rings. The highest BCUT2D eigenvalue weighted by molar-refractivity contribution is 5.73. The summed E-state index contributed by atoms with van der Waals surface area (Å²) in [4.78, 5) is 11.1. The van der Waals surface area contributed by atoms with Crippen molar-refractivity contribution in [1.29, 1.82) is 0 Å². The van der Waals surface area contributed by atoms with E-state index in [9.17, 15) is 13.2 Å². The minimum atomic E-state index is -2.52. The van der Waals surface area contributed by atoms with E-state index in [4.69, 9.17) is 9.47 Å². The Morgan fingerprint density at radius 3 is 2.54 bits per heavy atom. The second-order valence-corrected chi connectivity index (χ2v) is 10.1. The molecule has 1 spiro atoms. The molecule has 10 nitrogen and oxygen atoms in total. The van der Waals surface area contributed by atoms with E-state index in [1.807, 2.05) is 17.0 Å². The minimum Gasteiger partial charge on any atom is -0.489 e. The number of ether oxygens (including phenoxy) is 2. The maximum atomic E-state index is 14.1. The summed E-state index contributed by atoms with van der Waals surface area (Å²) in [6, 6.07) is 8.97. The first kappa shape index (κ1) is 25.2. The van der Waals surface area contributed by atoms with E-state index in [2.05, 4.69) is 30.6 Å². The SMILES string of the molecule is COCCOc1cc(-c2cn[nH]c2F)ccc1Nc1nc(-c2ccc(N3CC4(C3)CC(F)(F)C4)nc2)nn1C. The fourth-order valence-corrected chi connectivity index (χ4v) is 5.26. The molecule has 39 heavy (non-hydrogen) atoms. The number of hydrogen-bond acceptors (Lipinski definition) is 8. The number of aromatic nitrogens is 6. The maximum Gasteiger partial charge on any atom is 0.249 e. The number of alkyl halides is 2. The Bertz CT molecular complexity index is 1470. The molecule has 2 aliphatic rings. The second-order valence-electron chi connectivity index (χ2n) is 10.1. The average molecular weight is 541 g/mol. The molecule has 1 aliphatic carbocycles. The lowest BCUT2D eigenvalue weighted by atomic mass is 9.61. The lowest BCUT2D eigenvalue weighted by molar-refractivity contribution is -0.170. The van der Waals surface area contributed by atoms with Crippen molar-refractivity contribution in [2.75, 3.05) is 43.6 Å². The standard InChI is InChI=1S/C26H27F3N8O2/c1-36-24(32-19-5-3-16(18-11-31-34-22(18)27)9-20(19)39-8-7-38-2)33-23(35-36)17-4-6-21(30-10-17)37-14-25(15-37)12-26(28,29)13-25/h3-6,9-11H,7-8,12-15H2,1-2H3,(H,31,34)(H,32,33,35). The van der Waals surface area contributed by atoms with Gasteiger partial charge < -0.3 is 19.7 Å². The lowest BCUT2D eigenvalue weighted by Gasteiger charge is -2.59. The topological polar surface area (TPSA) is 106 Å². The number of halogens is 3. The fraction of sp³-hybridized carbons (Fsp3) is 0.385. The van der Waals surface area contributed by atoms with Crippen LogP contribution in [0.25, 0.3) is 22.5 Å². The molecule has 0 unspecified atom stereocenters. The Labute approximate surface area is 222 Å². The van der Waals surface area contributed by atoms with Gasteiger partial charge in [0, 0.05) is 57.3 Å². The summed E-state index contributed by atoms with van der Waals surface area (Å²) >= 11 is 0. The number of methoxy groups -OCH3 is 1. The van der Waals surface area contributed by atoms with E-state index in [1.54, 1.807) is 43.2 Å². The van der Waals surface area contributed by atoms with Gasteiger partial charge in [0.15, 0.2) is 5.82 Å². The van der Waals surface area contributed by atoms with Gasteiger partial charge in [0.1, 0.15) is 18.2 Å². The van der Waals surface area contributed by atoms with Crippen molar-refractivity contribution in [2.24, 2.45) is 12.5 Å². The second kappa shape index (κ2) is 9.56. The number of rotatable bonds is 9. The van der Waals surface area contributed by atoms with Crippen LogP contribution in [0, 0.1) is 11.4 Å².